The molecule has 0 saturated heterocycles. The lowest BCUT2D eigenvalue weighted by atomic mass is 9.79. The van der Waals surface area contributed by atoms with Crippen molar-refractivity contribution >= 4 is 0 Å². The van der Waals surface area contributed by atoms with Gasteiger partial charge >= 0.3 is 0 Å². The minimum atomic E-state index is 0.0355. The monoisotopic (exact) mass is 189 g/mol. The van der Waals surface area contributed by atoms with Gasteiger partial charge in [-0.05, 0) is 18.9 Å². The Morgan fingerprint density at radius 2 is 2.21 bits per heavy atom. The van der Waals surface area contributed by atoms with E-state index in [1.807, 2.05) is 6.08 Å². The molecule has 0 saturated carbocycles. The van der Waals surface area contributed by atoms with Crippen molar-refractivity contribution in [1.29, 1.82) is 0 Å². The van der Waals surface area contributed by atoms with E-state index in [9.17, 15) is 0 Å². The molecule has 0 fully saturated rings. The van der Waals surface area contributed by atoms with Crippen LogP contribution in [0.3, 0.4) is 0 Å². The van der Waals surface area contributed by atoms with Gasteiger partial charge in [0.1, 0.15) is 0 Å². The van der Waals surface area contributed by atoms with Gasteiger partial charge in [-0.1, -0.05) is 42.8 Å². The second-order valence-corrected chi connectivity index (χ2v) is 4.13. The third kappa shape index (κ3) is 2.24. The summed E-state index contributed by atoms with van der Waals surface area (Å²) in [5, 5.41) is 0. The highest BCUT2D eigenvalue weighted by molar-refractivity contribution is 5.30. The average Bonchev–Trinajstić information content (AvgIpc) is 2.18. The van der Waals surface area contributed by atoms with Gasteiger partial charge in [0, 0.05) is 12.0 Å². The van der Waals surface area contributed by atoms with Crippen LogP contribution in [0, 0.1) is 6.92 Å². The fourth-order valence-corrected chi connectivity index (χ4v) is 1.66. The lowest BCUT2D eigenvalue weighted by Gasteiger charge is -2.27. The van der Waals surface area contributed by atoms with Crippen molar-refractivity contribution in [3.8, 4) is 0 Å². The highest BCUT2D eigenvalue weighted by atomic mass is 14.6. The summed E-state index contributed by atoms with van der Waals surface area (Å²) < 4.78 is 0. The van der Waals surface area contributed by atoms with Gasteiger partial charge in [0.2, 0.25) is 0 Å². The van der Waals surface area contributed by atoms with Crippen LogP contribution in [0.1, 0.15) is 24.5 Å². The molecule has 14 heavy (non-hydrogen) atoms. The Labute approximate surface area is 86.6 Å². The summed E-state index contributed by atoms with van der Waals surface area (Å²) >= 11 is 0. The van der Waals surface area contributed by atoms with Crippen LogP contribution in [0.4, 0.5) is 0 Å². The van der Waals surface area contributed by atoms with E-state index in [4.69, 9.17) is 5.73 Å². The summed E-state index contributed by atoms with van der Waals surface area (Å²) in [6.07, 6.45) is 2.86. The van der Waals surface area contributed by atoms with E-state index in [1.54, 1.807) is 0 Å². The Bertz CT molecular complexity index is 317. The highest BCUT2D eigenvalue weighted by Gasteiger charge is 2.22. The van der Waals surface area contributed by atoms with E-state index < -0.39 is 0 Å². The third-order valence-electron chi connectivity index (χ3n) is 2.76. The molecule has 1 aromatic carbocycles. The van der Waals surface area contributed by atoms with Gasteiger partial charge in [0.25, 0.3) is 0 Å². The molecular formula is C13H19N. The quantitative estimate of drug-likeness (QED) is 0.724. The molecule has 1 heteroatoms. The number of nitrogens with two attached hydrogens (primary N) is 1. The van der Waals surface area contributed by atoms with Crippen LogP contribution in [0.25, 0.3) is 0 Å². The van der Waals surface area contributed by atoms with Crippen LogP contribution >= 0.6 is 0 Å². The van der Waals surface area contributed by atoms with E-state index in [-0.39, 0.29) is 5.41 Å². The lowest BCUT2D eigenvalue weighted by Crippen LogP contribution is -2.31. The first kappa shape index (κ1) is 11.0. The maximum atomic E-state index is 5.83. The predicted molar refractivity (Wildman–Crippen MR) is 62.4 cm³/mol. The summed E-state index contributed by atoms with van der Waals surface area (Å²) in [6.45, 7) is 8.73. The molecule has 0 aromatic heterocycles. The molecule has 0 bridgehead atoms. The summed E-state index contributed by atoms with van der Waals surface area (Å²) in [6, 6.07) is 8.54. The van der Waals surface area contributed by atoms with Crippen molar-refractivity contribution in [3.05, 3.63) is 48.0 Å². The molecule has 2 N–H and O–H groups in total. The van der Waals surface area contributed by atoms with Crippen LogP contribution in [0.15, 0.2) is 36.9 Å². The van der Waals surface area contributed by atoms with Crippen molar-refractivity contribution < 1.29 is 0 Å². The SMILES string of the molecule is C=CCC(C)(CN)c1cccc(C)c1. The number of aryl methyl sites for hydroxylation is 1. The molecule has 1 nitrogen and oxygen atoms in total. The van der Waals surface area contributed by atoms with Crippen molar-refractivity contribution in [3.63, 3.8) is 0 Å². The molecule has 0 amide bonds. The molecule has 1 rings (SSSR count). The number of benzene rings is 1. The minimum Gasteiger partial charge on any atom is -0.330 e. The van der Waals surface area contributed by atoms with Gasteiger partial charge in [-0.25, -0.2) is 0 Å². The molecule has 1 aromatic rings. The molecule has 1 atom stereocenters. The Morgan fingerprint density at radius 3 is 2.71 bits per heavy atom. The first-order chi connectivity index (χ1) is 6.62. The maximum Gasteiger partial charge on any atom is 0.00817 e. The first-order valence-corrected chi connectivity index (χ1v) is 5.00. The zero-order valence-electron chi connectivity index (χ0n) is 9.09. The van der Waals surface area contributed by atoms with Gasteiger partial charge in [-0.3, -0.25) is 0 Å². The van der Waals surface area contributed by atoms with Gasteiger partial charge in [-0.2, -0.15) is 0 Å². The smallest absolute Gasteiger partial charge is 0.00817 e. The van der Waals surface area contributed by atoms with E-state index in [0.717, 1.165) is 6.42 Å². The molecule has 0 aliphatic carbocycles. The van der Waals surface area contributed by atoms with E-state index in [2.05, 4.69) is 44.7 Å². The Hall–Kier alpha value is -1.08. The largest absolute Gasteiger partial charge is 0.330 e. The number of hydrogen-bond acceptors (Lipinski definition) is 1. The second kappa shape index (κ2) is 4.43. The summed E-state index contributed by atoms with van der Waals surface area (Å²) in [7, 11) is 0. The summed E-state index contributed by atoms with van der Waals surface area (Å²) in [5.74, 6) is 0. The number of rotatable bonds is 4. The fourth-order valence-electron chi connectivity index (χ4n) is 1.66. The first-order valence-electron chi connectivity index (χ1n) is 5.00. The van der Waals surface area contributed by atoms with E-state index >= 15 is 0 Å². The van der Waals surface area contributed by atoms with Crippen LogP contribution in [0.2, 0.25) is 0 Å². The predicted octanol–water partition coefficient (Wildman–Crippen LogP) is 2.79. The molecule has 0 heterocycles. The molecule has 1 unspecified atom stereocenters. The molecule has 0 aliphatic heterocycles. The van der Waals surface area contributed by atoms with Crippen LogP contribution < -0.4 is 5.73 Å². The zero-order valence-corrected chi connectivity index (χ0v) is 9.09. The van der Waals surface area contributed by atoms with Crippen LogP contribution in [-0.2, 0) is 5.41 Å². The van der Waals surface area contributed by atoms with Gasteiger partial charge in [-0.15, -0.1) is 6.58 Å². The topological polar surface area (TPSA) is 26.0 Å². The minimum absolute atomic E-state index is 0.0355. The van der Waals surface area contributed by atoms with Crippen molar-refractivity contribution in [2.45, 2.75) is 25.7 Å². The van der Waals surface area contributed by atoms with Crippen molar-refractivity contribution in [1.82, 2.24) is 0 Å². The summed E-state index contributed by atoms with van der Waals surface area (Å²) in [4.78, 5) is 0. The van der Waals surface area contributed by atoms with Crippen molar-refractivity contribution in [2.75, 3.05) is 6.54 Å². The zero-order chi connectivity index (χ0) is 10.6. The number of allylic oxidation sites excluding steroid dienone is 1. The third-order valence-corrected chi connectivity index (χ3v) is 2.76. The molecule has 0 radical (unpaired) electrons. The number of hydrogen-bond donors (Lipinski definition) is 1. The van der Waals surface area contributed by atoms with E-state index in [1.165, 1.54) is 11.1 Å². The van der Waals surface area contributed by atoms with Gasteiger partial charge in [0.05, 0.1) is 0 Å². The average molecular weight is 189 g/mol. The van der Waals surface area contributed by atoms with Crippen LogP contribution in [-0.4, -0.2) is 6.54 Å². The lowest BCUT2D eigenvalue weighted by molar-refractivity contribution is 0.491. The maximum absolute atomic E-state index is 5.83. The van der Waals surface area contributed by atoms with Crippen LogP contribution in [0.5, 0.6) is 0 Å². The fraction of sp³-hybridized carbons (Fsp3) is 0.385. The summed E-state index contributed by atoms with van der Waals surface area (Å²) in [5.41, 5.74) is 8.45. The standard InChI is InChI=1S/C13H19N/c1-4-8-13(3,10-14)12-7-5-6-11(2)9-12/h4-7,9H,1,8,10,14H2,2-3H3. The van der Waals surface area contributed by atoms with E-state index in [0.29, 0.717) is 6.54 Å². The van der Waals surface area contributed by atoms with Gasteiger partial charge in [0.15, 0.2) is 0 Å². The Balaban J connectivity index is 3.05. The Kier molecular flexibility index (Phi) is 3.48. The molecule has 76 valence electrons. The molecular weight excluding hydrogens is 170 g/mol. The normalized spacial score (nSPS) is 14.8. The highest BCUT2D eigenvalue weighted by Crippen LogP contribution is 2.27. The second-order valence-electron chi connectivity index (χ2n) is 4.13. The van der Waals surface area contributed by atoms with Gasteiger partial charge < -0.3 is 5.73 Å². The Morgan fingerprint density at radius 1 is 1.50 bits per heavy atom. The molecule has 0 spiro atoms. The molecule has 0 aliphatic rings. The van der Waals surface area contributed by atoms with Crippen molar-refractivity contribution in [2.24, 2.45) is 5.73 Å².